The SMILES string of the molecule is COc1c[c]c(OC(F)F)cc1N. The molecule has 0 fully saturated rings. The first kappa shape index (κ1) is 9.57. The van der Waals surface area contributed by atoms with Crippen molar-refractivity contribution in [1.29, 1.82) is 0 Å². The molecule has 2 N–H and O–H groups in total. The van der Waals surface area contributed by atoms with Gasteiger partial charge in [-0.2, -0.15) is 8.78 Å². The smallest absolute Gasteiger partial charge is 0.387 e. The van der Waals surface area contributed by atoms with Crippen molar-refractivity contribution in [3.63, 3.8) is 0 Å². The van der Waals surface area contributed by atoms with Gasteiger partial charge in [0.1, 0.15) is 11.5 Å². The van der Waals surface area contributed by atoms with Gasteiger partial charge in [0.05, 0.1) is 12.8 Å². The summed E-state index contributed by atoms with van der Waals surface area (Å²) in [7, 11) is 1.42. The van der Waals surface area contributed by atoms with Crippen molar-refractivity contribution < 1.29 is 18.3 Å². The lowest BCUT2D eigenvalue weighted by molar-refractivity contribution is -0.0500. The fourth-order valence-electron chi connectivity index (χ4n) is 0.815. The summed E-state index contributed by atoms with van der Waals surface area (Å²) < 4.78 is 32.3. The summed E-state index contributed by atoms with van der Waals surface area (Å²) in [5, 5.41) is 0. The summed E-state index contributed by atoms with van der Waals surface area (Å²) in [6.07, 6.45) is 0. The Balaban J connectivity index is 2.83. The van der Waals surface area contributed by atoms with Gasteiger partial charge in [-0.15, -0.1) is 0 Å². The van der Waals surface area contributed by atoms with Gasteiger partial charge in [-0.05, 0) is 6.07 Å². The van der Waals surface area contributed by atoms with Gasteiger partial charge in [-0.3, -0.25) is 0 Å². The standard InChI is InChI=1S/C8H8F2NO2/c1-12-7-3-2-5(4-6(7)11)13-8(9)10/h3-4,8H,11H2,1H3. The third kappa shape index (κ3) is 2.47. The van der Waals surface area contributed by atoms with Crippen LogP contribution in [-0.2, 0) is 0 Å². The van der Waals surface area contributed by atoms with Crippen LogP contribution in [0.5, 0.6) is 11.5 Å². The molecule has 1 aromatic carbocycles. The van der Waals surface area contributed by atoms with E-state index in [-0.39, 0.29) is 11.4 Å². The molecule has 0 saturated heterocycles. The van der Waals surface area contributed by atoms with E-state index in [1.807, 2.05) is 0 Å². The second-order valence-corrected chi connectivity index (χ2v) is 2.20. The van der Waals surface area contributed by atoms with Gasteiger partial charge in [0, 0.05) is 12.1 Å². The first-order valence-electron chi connectivity index (χ1n) is 3.43. The highest BCUT2D eigenvalue weighted by Gasteiger charge is 2.06. The van der Waals surface area contributed by atoms with E-state index in [9.17, 15) is 8.78 Å². The lowest BCUT2D eigenvalue weighted by Gasteiger charge is -2.07. The lowest BCUT2D eigenvalue weighted by atomic mass is 10.3. The van der Waals surface area contributed by atoms with Crippen molar-refractivity contribution in [2.24, 2.45) is 0 Å². The minimum Gasteiger partial charge on any atom is -0.495 e. The average Bonchev–Trinajstić information content (AvgIpc) is 2.03. The van der Waals surface area contributed by atoms with E-state index < -0.39 is 6.61 Å². The van der Waals surface area contributed by atoms with Crippen LogP contribution in [0.25, 0.3) is 0 Å². The molecule has 0 spiro atoms. The van der Waals surface area contributed by atoms with Gasteiger partial charge in [-0.1, -0.05) is 0 Å². The average molecular weight is 188 g/mol. The van der Waals surface area contributed by atoms with Gasteiger partial charge in [-0.25, -0.2) is 0 Å². The van der Waals surface area contributed by atoms with Crippen molar-refractivity contribution in [2.75, 3.05) is 12.8 Å². The zero-order valence-electron chi connectivity index (χ0n) is 6.88. The quantitative estimate of drug-likeness (QED) is 0.734. The molecule has 1 rings (SSSR count). The highest BCUT2D eigenvalue weighted by atomic mass is 19.3. The molecule has 1 radical (unpaired) electrons. The van der Waals surface area contributed by atoms with E-state index in [0.29, 0.717) is 5.75 Å². The number of nitrogens with two attached hydrogens (primary N) is 1. The molecule has 0 saturated carbocycles. The predicted octanol–water partition coefficient (Wildman–Crippen LogP) is 1.68. The Morgan fingerprint density at radius 3 is 2.69 bits per heavy atom. The molecule has 3 nitrogen and oxygen atoms in total. The van der Waals surface area contributed by atoms with Crippen LogP contribution in [0.4, 0.5) is 14.5 Å². The topological polar surface area (TPSA) is 44.5 Å². The number of methoxy groups -OCH3 is 1. The number of ether oxygens (including phenoxy) is 2. The highest BCUT2D eigenvalue weighted by Crippen LogP contribution is 2.26. The Kier molecular flexibility index (Phi) is 2.89. The number of halogens is 2. The normalized spacial score (nSPS) is 10.2. The Labute approximate surface area is 74.1 Å². The second kappa shape index (κ2) is 3.93. The van der Waals surface area contributed by atoms with E-state index in [2.05, 4.69) is 10.8 Å². The molecule has 0 bridgehead atoms. The first-order valence-corrected chi connectivity index (χ1v) is 3.43. The molecular formula is C8H8F2NO2. The van der Waals surface area contributed by atoms with Crippen molar-refractivity contribution in [3.8, 4) is 11.5 Å². The Morgan fingerprint density at radius 1 is 1.54 bits per heavy atom. The molecule has 0 aliphatic heterocycles. The van der Waals surface area contributed by atoms with Crippen molar-refractivity contribution >= 4 is 5.69 Å². The van der Waals surface area contributed by atoms with Crippen LogP contribution in [0.2, 0.25) is 0 Å². The van der Waals surface area contributed by atoms with Gasteiger partial charge in [0.15, 0.2) is 0 Å². The van der Waals surface area contributed by atoms with Crippen LogP contribution in [-0.4, -0.2) is 13.7 Å². The number of nitrogen functional groups attached to an aromatic ring is 1. The van der Waals surface area contributed by atoms with Crippen LogP contribution < -0.4 is 15.2 Å². The second-order valence-electron chi connectivity index (χ2n) is 2.20. The molecule has 0 amide bonds. The third-order valence-electron chi connectivity index (χ3n) is 1.35. The highest BCUT2D eigenvalue weighted by molar-refractivity contribution is 5.55. The van der Waals surface area contributed by atoms with E-state index in [1.165, 1.54) is 19.2 Å². The summed E-state index contributed by atoms with van der Waals surface area (Å²) in [6.45, 7) is -2.87. The molecule has 13 heavy (non-hydrogen) atoms. The van der Waals surface area contributed by atoms with Crippen LogP contribution in [0.1, 0.15) is 0 Å². The summed E-state index contributed by atoms with van der Waals surface area (Å²) in [5.41, 5.74) is 5.67. The summed E-state index contributed by atoms with van der Waals surface area (Å²) >= 11 is 0. The minimum atomic E-state index is -2.87. The molecule has 0 heterocycles. The maximum absolute atomic E-state index is 11.7. The fourth-order valence-corrected chi connectivity index (χ4v) is 0.815. The zero-order chi connectivity index (χ0) is 9.84. The first-order chi connectivity index (χ1) is 6.13. The minimum absolute atomic E-state index is 0.103. The largest absolute Gasteiger partial charge is 0.495 e. The van der Waals surface area contributed by atoms with E-state index in [4.69, 9.17) is 10.5 Å². The predicted molar refractivity (Wildman–Crippen MR) is 42.9 cm³/mol. The molecule has 0 aromatic heterocycles. The molecule has 71 valence electrons. The fraction of sp³-hybridized carbons (Fsp3) is 0.250. The summed E-state index contributed by atoms with van der Waals surface area (Å²) in [5.74, 6) is 0.273. The lowest BCUT2D eigenvalue weighted by Crippen LogP contribution is -2.02. The van der Waals surface area contributed by atoms with Gasteiger partial charge < -0.3 is 15.2 Å². The molecule has 0 atom stereocenters. The van der Waals surface area contributed by atoms with Crippen LogP contribution in [0.15, 0.2) is 12.1 Å². The van der Waals surface area contributed by atoms with Crippen LogP contribution in [0, 0.1) is 6.07 Å². The Bertz CT molecular complexity index is 291. The Hall–Kier alpha value is -1.52. The van der Waals surface area contributed by atoms with Crippen LogP contribution in [0.3, 0.4) is 0 Å². The number of hydrogen-bond donors (Lipinski definition) is 1. The van der Waals surface area contributed by atoms with E-state index >= 15 is 0 Å². The number of hydrogen-bond acceptors (Lipinski definition) is 3. The number of benzene rings is 1. The van der Waals surface area contributed by atoms with Crippen molar-refractivity contribution in [2.45, 2.75) is 6.61 Å². The molecular weight excluding hydrogens is 180 g/mol. The maximum Gasteiger partial charge on any atom is 0.387 e. The summed E-state index contributed by atoms with van der Waals surface area (Å²) in [4.78, 5) is 0. The van der Waals surface area contributed by atoms with Crippen LogP contribution >= 0.6 is 0 Å². The van der Waals surface area contributed by atoms with Gasteiger partial charge in [0.25, 0.3) is 0 Å². The Morgan fingerprint density at radius 2 is 2.23 bits per heavy atom. The molecule has 5 heteroatoms. The number of alkyl halides is 2. The van der Waals surface area contributed by atoms with E-state index in [0.717, 1.165) is 0 Å². The van der Waals surface area contributed by atoms with Gasteiger partial charge >= 0.3 is 6.61 Å². The monoisotopic (exact) mass is 188 g/mol. The third-order valence-corrected chi connectivity index (χ3v) is 1.35. The molecule has 0 aliphatic carbocycles. The zero-order valence-corrected chi connectivity index (χ0v) is 6.88. The molecule has 0 aliphatic rings. The maximum atomic E-state index is 11.7. The number of rotatable bonds is 3. The number of anilines is 1. The van der Waals surface area contributed by atoms with Gasteiger partial charge in [0.2, 0.25) is 0 Å². The van der Waals surface area contributed by atoms with Crippen molar-refractivity contribution in [1.82, 2.24) is 0 Å². The molecule has 0 unspecified atom stereocenters. The molecule has 1 aromatic rings. The van der Waals surface area contributed by atoms with E-state index in [1.54, 1.807) is 0 Å². The summed E-state index contributed by atoms with van der Waals surface area (Å²) in [6, 6.07) is 5.02. The van der Waals surface area contributed by atoms with Crippen molar-refractivity contribution in [3.05, 3.63) is 18.2 Å².